The molecule has 0 aromatic heterocycles. The number of aliphatic imine (C=N–C) groups is 1. The fraction of sp³-hybridized carbons (Fsp3) is 0.243. The summed E-state index contributed by atoms with van der Waals surface area (Å²) in [5.74, 6) is 1.19. The molecule has 238 valence electrons. The monoisotopic (exact) mass is 619 g/mol. The highest BCUT2D eigenvalue weighted by molar-refractivity contribution is 5.84. The Labute approximate surface area is 271 Å². The Morgan fingerprint density at radius 1 is 0.870 bits per heavy atom. The van der Waals surface area contributed by atoms with Crippen LogP contribution in [0.25, 0.3) is 11.1 Å². The maximum atomic E-state index is 11.1. The zero-order valence-electron chi connectivity index (χ0n) is 26.6. The number of ether oxygens (including phenoxy) is 2. The summed E-state index contributed by atoms with van der Waals surface area (Å²) in [6.07, 6.45) is 1.74. The van der Waals surface area contributed by atoms with Gasteiger partial charge in [0.2, 0.25) is 11.8 Å². The Hall–Kier alpha value is -5.46. The van der Waals surface area contributed by atoms with E-state index in [4.69, 9.17) is 15.2 Å². The van der Waals surface area contributed by atoms with E-state index >= 15 is 0 Å². The lowest BCUT2D eigenvalue weighted by atomic mass is 9.97. The van der Waals surface area contributed by atoms with Gasteiger partial charge >= 0.3 is 0 Å². The molecular weight excluding hydrogens is 578 g/mol. The maximum Gasteiger partial charge on any atom is 0.216 e. The summed E-state index contributed by atoms with van der Waals surface area (Å²) >= 11 is 0. The number of rotatable bonds is 13. The average Bonchev–Trinajstić information content (AvgIpc) is 3.07. The number of carbonyl (C=O) groups excluding carboxylic acids is 2. The summed E-state index contributed by atoms with van der Waals surface area (Å²) < 4.78 is 12.4. The third-order valence-corrected chi connectivity index (χ3v) is 6.72. The van der Waals surface area contributed by atoms with Gasteiger partial charge in [-0.1, -0.05) is 60.7 Å². The van der Waals surface area contributed by atoms with E-state index in [1.807, 2.05) is 54.6 Å². The fourth-order valence-corrected chi connectivity index (χ4v) is 4.37. The summed E-state index contributed by atoms with van der Waals surface area (Å²) in [6, 6.07) is 31.7. The molecule has 4 N–H and O–H groups in total. The van der Waals surface area contributed by atoms with Crippen molar-refractivity contribution in [2.24, 2.45) is 10.7 Å². The SMILES string of the molecule is CC(=O)NCC/N=C\c1ccc(OCc2cccc(-c3ccccc3)c2C)cc1OCc1cccc(C#N)c1.CC(=O)NCCN. The third kappa shape index (κ3) is 11.9. The molecule has 0 atom stereocenters. The molecule has 4 aromatic carbocycles. The molecule has 2 amide bonds. The first kappa shape index (κ1) is 35.0. The van der Waals surface area contributed by atoms with Crippen LogP contribution in [0.3, 0.4) is 0 Å². The Bertz CT molecular complexity index is 1650. The fourth-order valence-electron chi connectivity index (χ4n) is 4.37. The zero-order chi connectivity index (χ0) is 33.1. The lowest BCUT2D eigenvalue weighted by Gasteiger charge is -2.15. The number of nitrogens with zero attached hydrogens (tertiary/aromatic N) is 2. The van der Waals surface area contributed by atoms with Crippen molar-refractivity contribution >= 4 is 18.0 Å². The molecule has 0 bridgehead atoms. The van der Waals surface area contributed by atoms with Crippen LogP contribution in [0.15, 0.2) is 96.0 Å². The van der Waals surface area contributed by atoms with Crippen LogP contribution < -0.4 is 25.8 Å². The highest BCUT2D eigenvalue weighted by atomic mass is 16.5. The van der Waals surface area contributed by atoms with E-state index in [0.717, 1.165) is 16.7 Å². The molecule has 0 aliphatic heterocycles. The van der Waals surface area contributed by atoms with E-state index in [9.17, 15) is 14.9 Å². The van der Waals surface area contributed by atoms with Gasteiger partial charge < -0.3 is 25.8 Å². The standard InChI is InChI=1S/C33H31N3O3.C4H10N2O/c1-24-30(12-7-13-32(24)28-10-4-3-5-11-28)23-38-31-15-14-29(21-35-16-17-36-25(2)37)33(19-31)39-22-27-9-6-8-26(18-27)20-34;1-4(7)6-3-2-5/h3-15,18-19,21H,16-17,22-23H2,1-2H3,(H,36,37);2-3,5H2,1H3,(H,6,7)/b35-21-;. The van der Waals surface area contributed by atoms with Crippen LogP contribution in [-0.4, -0.2) is 44.2 Å². The van der Waals surface area contributed by atoms with E-state index in [1.54, 1.807) is 12.3 Å². The molecule has 0 spiro atoms. The molecule has 0 heterocycles. The van der Waals surface area contributed by atoms with Crippen LogP contribution in [0.1, 0.15) is 41.7 Å². The van der Waals surface area contributed by atoms with Gasteiger partial charge in [-0.15, -0.1) is 0 Å². The van der Waals surface area contributed by atoms with Gasteiger partial charge in [-0.3, -0.25) is 14.6 Å². The number of hydrogen-bond acceptors (Lipinski definition) is 7. The molecule has 46 heavy (non-hydrogen) atoms. The summed E-state index contributed by atoms with van der Waals surface area (Å²) in [5.41, 5.74) is 12.0. The Morgan fingerprint density at radius 2 is 1.61 bits per heavy atom. The first-order valence-electron chi connectivity index (χ1n) is 15.0. The quantitative estimate of drug-likeness (QED) is 0.137. The molecule has 4 rings (SSSR count). The molecule has 0 saturated carbocycles. The summed E-state index contributed by atoms with van der Waals surface area (Å²) in [4.78, 5) is 25.6. The summed E-state index contributed by atoms with van der Waals surface area (Å²) in [5, 5.41) is 14.5. The summed E-state index contributed by atoms with van der Waals surface area (Å²) in [6.45, 7) is 7.79. The Kier molecular flexibility index (Phi) is 14.5. The predicted molar refractivity (Wildman–Crippen MR) is 182 cm³/mol. The second-order valence-electron chi connectivity index (χ2n) is 10.3. The second kappa shape index (κ2) is 19.0. The van der Waals surface area contributed by atoms with Gasteiger partial charge in [0.1, 0.15) is 24.7 Å². The molecule has 0 radical (unpaired) electrons. The largest absolute Gasteiger partial charge is 0.489 e. The third-order valence-electron chi connectivity index (χ3n) is 6.72. The highest BCUT2D eigenvalue weighted by Crippen LogP contribution is 2.28. The molecular formula is C37H41N5O4. The first-order chi connectivity index (χ1) is 22.3. The van der Waals surface area contributed by atoms with Gasteiger partial charge in [0, 0.05) is 51.3 Å². The molecule has 0 fully saturated rings. The van der Waals surface area contributed by atoms with Crippen molar-refractivity contribution in [2.45, 2.75) is 34.0 Å². The topological polar surface area (TPSA) is 139 Å². The van der Waals surface area contributed by atoms with E-state index in [0.29, 0.717) is 56.5 Å². The van der Waals surface area contributed by atoms with E-state index in [1.165, 1.54) is 30.5 Å². The number of carbonyl (C=O) groups is 2. The number of nitrogens with one attached hydrogen (secondary N) is 2. The van der Waals surface area contributed by atoms with E-state index < -0.39 is 0 Å². The normalized spacial score (nSPS) is 10.3. The molecule has 0 aliphatic rings. The molecule has 4 aromatic rings. The lowest BCUT2D eigenvalue weighted by Crippen LogP contribution is -2.26. The minimum atomic E-state index is -0.0835. The van der Waals surface area contributed by atoms with E-state index in [2.05, 4.69) is 59.0 Å². The molecule has 0 aliphatic carbocycles. The van der Waals surface area contributed by atoms with Crippen molar-refractivity contribution in [3.05, 3.63) is 119 Å². The van der Waals surface area contributed by atoms with Crippen molar-refractivity contribution in [1.82, 2.24) is 10.6 Å². The van der Waals surface area contributed by atoms with Crippen LogP contribution in [0, 0.1) is 18.3 Å². The second-order valence-corrected chi connectivity index (χ2v) is 10.3. The van der Waals surface area contributed by atoms with Crippen LogP contribution in [0.2, 0.25) is 0 Å². The number of nitrogens with two attached hydrogens (primary N) is 1. The Balaban J connectivity index is 0.000000738. The number of benzene rings is 4. The van der Waals surface area contributed by atoms with Crippen LogP contribution in [0.5, 0.6) is 11.5 Å². The maximum absolute atomic E-state index is 11.1. The van der Waals surface area contributed by atoms with Gasteiger partial charge in [-0.05, 0) is 59.0 Å². The lowest BCUT2D eigenvalue weighted by molar-refractivity contribution is -0.119. The van der Waals surface area contributed by atoms with Crippen molar-refractivity contribution in [3.8, 4) is 28.7 Å². The Morgan fingerprint density at radius 3 is 2.30 bits per heavy atom. The van der Waals surface area contributed by atoms with Gasteiger partial charge in [-0.2, -0.15) is 5.26 Å². The average molecular weight is 620 g/mol. The summed E-state index contributed by atoms with van der Waals surface area (Å²) in [7, 11) is 0. The smallest absolute Gasteiger partial charge is 0.216 e. The first-order valence-corrected chi connectivity index (χ1v) is 15.0. The molecule has 9 nitrogen and oxygen atoms in total. The van der Waals surface area contributed by atoms with Crippen LogP contribution in [0.4, 0.5) is 0 Å². The van der Waals surface area contributed by atoms with Crippen molar-refractivity contribution in [1.29, 1.82) is 5.26 Å². The highest BCUT2D eigenvalue weighted by Gasteiger charge is 2.10. The van der Waals surface area contributed by atoms with Gasteiger partial charge in [0.05, 0.1) is 18.2 Å². The van der Waals surface area contributed by atoms with Crippen LogP contribution >= 0.6 is 0 Å². The minimum Gasteiger partial charge on any atom is -0.489 e. The van der Waals surface area contributed by atoms with Crippen molar-refractivity contribution < 1.29 is 19.1 Å². The van der Waals surface area contributed by atoms with E-state index in [-0.39, 0.29) is 11.8 Å². The molecule has 0 saturated heterocycles. The number of nitriles is 1. The van der Waals surface area contributed by atoms with Gasteiger partial charge in [0.15, 0.2) is 0 Å². The van der Waals surface area contributed by atoms with Crippen molar-refractivity contribution in [3.63, 3.8) is 0 Å². The number of amides is 2. The van der Waals surface area contributed by atoms with Gasteiger partial charge in [-0.25, -0.2) is 0 Å². The minimum absolute atomic E-state index is 0.0227. The molecule has 0 unspecified atom stereocenters. The van der Waals surface area contributed by atoms with Crippen LogP contribution in [-0.2, 0) is 22.8 Å². The number of hydrogen-bond donors (Lipinski definition) is 3. The van der Waals surface area contributed by atoms with Crippen molar-refractivity contribution in [2.75, 3.05) is 26.2 Å². The zero-order valence-corrected chi connectivity index (χ0v) is 26.6. The van der Waals surface area contributed by atoms with Gasteiger partial charge in [0.25, 0.3) is 0 Å². The predicted octanol–water partition coefficient (Wildman–Crippen LogP) is 5.33. The molecule has 9 heteroatoms.